The van der Waals surface area contributed by atoms with Crippen molar-refractivity contribution >= 4 is 5.82 Å². The molecule has 1 heterocycles. The topological polar surface area (TPSA) is 71.9 Å². The maximum atomic E-state index is 9.63. The molecule has 2 aromatic carbocycles. The third kappa shape index (κ3) is 3.12. The average molecular weight is 343 g/mol. The SMILES string of the molecule is CCc1ccc(-c2c(C)c(-c3ccc(OC)cc3)nc(N)c2C#N)cc1. The van der Waals surface area contributed by atoms with Crippen LogP contribution < -0.4 is 10.5 Å². The minimum absolute atomic E-state index is 0.249. The zero-order valence-electron chi connectivity index (χ0n) is 15.2. The number of nitriles is 1. The monoisotopic (exact) mass is 343 g/mol. The zero-order valence-corrected chi connectivity index (χ0v) is 15.2. The summed E-state index contributed by atoms with van der Waals surface area (Å²) in [4.78, 5) is 4.50. The van der Waals surface area contributed by atoms with Crippen molar-refractivity contribution in [3.63, 3.8) is 0 Å². The Morgan fingerprint density at radius 2 is 1.65 bits per heavy atom. The predicted molar refractivity (Wildman–Crippen MR) is 105 cm³/mol. The lowest BCUT2D eigenvalue weighted by molar-refractivity contribution is 0.415. The Morgan fingerprint density at radius 1 is 1.04 bits per heavy atom. The molecule has 0 aliphatic rings. The average Bonchev–Trinajstić information content (AvgIpc) is 2.69. The van der Waals surface area contributed by atoms with Gasteiger partial charge in [-0.25, -0.2) is 4.98 Å². The van der Waals surface area contributed by atoms with Gasteiger partial charge in [-0.3, -0.25) is 0 Å². The van der Waals surface area contributed by atoms with E-state index in [-0.39, 0.29) is 5.82 Å². The maximum Gasteiger partial charge on any atom is 0.142 e. The normalized spacial score (nSPS) is 10.4. The molecule has 4 nitrogen and oxygen atoms in total. The number of ether oxygens (including phenoxy) is 1. The molecule has 130 valence electrons. The molecule has 26 heavy (non-hydrogen) atoms. The quantitative estimate of drug-likeness (QED) is 0.742. The number of hydrogen-bond donors (Lipinski definition) is 1. The molecular weight excluding hydrogens is 322 g/mol. The van der Waals surface area contributed by atoms with Gasteiger partial charge < -0.3 is 10.5 Å². The van der Waals surface area contributed by atoms with Crippen molar-refractivity contribution in [2.24, 2.45) is 0 Å². The molecule has 2 N–H and O–H groups in total. The third-order valence-corrected chi connectivity index (χ3v) is 4.59. The molecule has 0 radical (unpaired) electrons. The van der Waals surface area contributed by atoms with Gasteiger partial charge in [-0.1, -0.05) is 31.2 Å². The summed E-state index contributed by atoms with van der Waals surface area (Å²) < 4.78 is 5.22. The first-order chi connectivity index (χ1) is 12.6. The second kappa shape index (κ2) is 7.28. The highest BCUT2D eigenvalue weighted by molar-refractivity contribution is 5.84. The number of aryl methyl sites for hydroxylation is 1. The van der Waals surface area contributed by atoms with E-state index in [4.69, 9.17) is 10.5 Å². The Morgan fingerprint density at radius 3 is 2.19 bits per heavy atom. The van der Waals surface area contributed by atoms with Crippen LogP contribution in [0.15, 0.2) is 48.5 Å². The Bertz CT molecular complexity index is 968. The molecule has 3 aromatic rings. The van der Waals surface area contributed by atoms with Gasteiger partial charge in [0.1, 0.15) is 23.2 Å². The van der Waals surface area contributed by atoms with Gasteiger partial charge in [0.25, 0.3) is 0 Å². The lowest BCUT2D eigenvalue weighted by Crippen LogP contribution is -2.03. The fourth-order valence-corrected chi connectivity index (χ4v) is 3.11. The van der Waals surface area contributed by atoms with Crippen LogP contribution in [0, 0.1) is 18.3 Å². The lowest BCUT2D eigenvalue weighted by Gasteiger charge is -2.15. The highest BCUT2D eigenvalue weighted by Gasteiger charge is 2.18. The van der Waals surface area contributed by atoms with E-state index in [1.54, 1.807) is 7.11 Å². The van der Waals surface area contributed by atoms with E-state index in [1.807, 2.05) is 43.3 Å². The first kappa shape index (κ1) is 17.5. The molecule has 0 bridgehead atoms. The molecule has 0 saturated carbocycles. The highest BCUT2D eigenvalue weighted by Crippen LogP contribution is 2.36. The fourth-order valence-electron chi connectivity index (χ4n) is 3.11. The Balaban J connectivity index is 2.22. The van der Waals surface area contributed by atoms with Crippen molar-refractivity contribution in [2.45, 2.75) is 20.3 Å². The summed E-state index contributed by atoms with van der Waals surface area (Å²) in [6.07, 6.45) is 0.972. The number of nitrogens with two attached hydrogens (primary N) is 1. The number of rotatable bonds is 4. The zero-order chi connectivity index (χ0) is 18.7. The van der Waals surface area contributed by atoms with Crippen molar-refractivity contribution < 1.29 is 4.74 Å². The minimum Gasteiger partial charge on any atom is -0.497 e. The van der Waals surface area contributed by atoms with Crippen LogP contribution >= 0.6 is 0 Å². The summed E-state index contributed by atoms with van der Waals surface area (Å²) in [6, 6.07) is 18.1. The predicted octanol–water partition coefficient (Wildman–Crippen LogP) is 4.75. The standard InChI is InChI=1S/C22H21N3O/c1-4-15-5-7-16(8-6-15)20-14(2)21(25-22(24)19(20)13-23)17-9-11-18(26-3)12-10-17/h5-12H,4H2,1-3H3,(H2,24,25). The summed E-state index contributed by atoms with van der Waals surface area (Å²) in [5.41, 5.74) is 12.3. The fraction of sp³-hybridized carbons (Fsp3) is 0.182. The second-order valence-corrected chi connectivity index (χ2v) is 6.11. The van der Waals surface area contributed by atoms with Gasteiger partial charge in [-0.05, 0) is 54.3 Å². The van der Waals surface area contributed by atoms with Gasteiger partial charge >= 0.3 is 0 Å². The van der Waals surface area contributed by atoms with E-state index in [1.165, 1.54) is 5.56 Å². The van der Waals surface area contributed by atoms with Crippen LogP contribution in [-0.4, -0.2) is 12.1 Å². The number of benzene rings is 2. The largest absolute Gasteiger partial charge is 0.497 e. The van der Waals surface area contributed by atoms with Crippen molar-refractivity contribution in [1.82, 2.24) is 4.98 Å². The highest BCUT2D eigenvalue weighted by atomic mass is 16.5. The van der Waals surface area contributed by atoms with Gasteiger partial charge in [0.15, 0.2) is 0 Å². The van der Waals surface area contributed by atoms with E-state index >= 15 is 0 Å². The van der Waals surface area contributed by atoms with Crippen molar-refractivity contribution in [1.29, 1.82) is 5.26 Å². The molecule has 0 spiro atoms. The first-order valence-corrected chi connectivity index (χ1v) is 8.53. The van der Waals surface area contributed by atoms with E-state index in [9.17, 15) is 5.26 Å². The number of anilines is 1. The van der Waals surface area contributed by atoms with Gasteiger partial charge in [-0.2, -0.15) is 5.26 Å². The van der Waals surface area contributed by atoms with Crippen LogP contribution in [0.2, 0.25) is 0 Å². The number of nitrogens with zero attached hydrogens (tertiary/aromatic N) is 2. The number of hydrogen-bond acceptors (Lipinski definition) is 4. The molecule has 4 heteroatoms. The second-order valence-electron chi connectivity index (χ2n) is 6.11. The first-order valence-electron chi connectivity index (χ1n) is 8.53. The van der Waals surface area contributed by atoms with Crippen LogP contribution in [-0.2, 0) is 6.42 Å². The number of nitrogen functional groups attached to an aromatic ring is 1. The molecule has 0 fully saturated rings. The molecule has 3 rings (SSSR count). The molecule has 0 aliphatic carbocycles. The van der Waals surface area contributed by atoms with Crippen LogP contribution in [0.4, 0.5) is 5.82 Å². The van der Waals surface area contributed by atoms with Crippen molar-refractivity contribution in [3.8, 4) is 34.2 Å². The van der Waals surface area contributed by atoms with Crippen LogP contribution in [0.3, 0.4) is 0 Å². The van der Waals surface area contributed by atoms with Gasteiger partial charge in [0.2, 0.25) is 0 Å². The third-order valence-electron chi connectivity index (χ3n) is 4.59. The smallest absolute Gasteiger partial charge is 0.142 e. The van der Waals surface area contributed by atoms with E-state index in [2.05, 4.69) is 30.1 Å². The molecule has 0 unspecified atom stereocenters. The summed E-state index contributed by atoms with van der Waals surface area (Å²) in [5, 5.41) is 9.63. The van der Waals surface area contributed by atoms with Crippen molar-refractivity contribution in [2.75, 3.05) is 12.8 Å². The van der Waals surface area contributed by atoms with Crippen LogP contribution in [0.5, 0.6) is 5.75 Å². The molecule has 0 atom stereocenters. The van der Waals surface area contributed by atoms with E-state index < -0.39 is 0 Å². The summed E-state index contributed by atoms with van der Waals surface area (Å²) >= 11 is 0. The summed E-state index contributed by atoms with van der Waals surface area (Å²) in [7, 11) is 1.64. The maximum absolute atomic E-state index is 9.63. The molecule has 0 aliphatic heterocycles. The summed E-state index contributed by atoms with van der Waals surface area (Å²) in [5.74, 6) is 1.03. The van der Waals surface area contributed by atoms with E-state index in [0.717, 1.165) is 40.1 Å². The Hall–Kier alpha value is -3.32. The summed E-state index contributed by atoms with van der Waals surface area (Å²) in [6.45, 7) is 4.10. The van der Waals surface area contributed by atoms with E-state index in [0.29, 0.717) is 5.56 Å². The lowest BCUT2D eigenvalue weighted by atomic mass is 9.92. The Kier molecular flexibility index (Phi) is 4.90. The molecular formula is C22H21N3O. The van der Waals surface area contributed by atoms with Crippen LogP contribution in [0.1, 0.15) is 23.6 Å². The molecule has 0 saturated heterocycles. The van der Waals surface area contributed by atoms with Gasteiger partial charge in [0.05, 0.1) is 12.8 Å². The molecule has 1 aromatic heterocycles. The number of aromatic nitrogens is 1. The number of pyridine rings is 1. The number of methoxy groups -OCH3 is 1. The minimum atomic E-state index is 0.249. The van der Waals surface area contributed by atoms with Gasteiger partial charge in [0, 0.05) is 11.1 Å². The Labute approximate surface area is 153 Å². The molecule has 0 amide bonds. The van der Waals surface area contributed by atoms with Gasteiger partial charge in [-0.15, -0.1) is 0 Å². The van der Waals surface area contributed by atoms with Crippen LogP contribution in [0.25, 0.3) is 22.4 Å². The van der Waals surface area contributed by atoms with Crippen molar-refractivity contribution in [3.05, 3.63) is 65.2 Å².